The summed E-state index contributed by atoms with van der Waals surface area (Å²) in [6.45, 7) is 0. The molecular weight excluding hydrogens is 380 g/mol. The van der Waals surface area contributed by atoms with Gasteiger partial charge in [-0.15, -0.1) is 0 Å². The van der Waals surface area contributed by atoms with Crippen LogP contribution in [0.15, 0.2) is 35.4 Å². The molecule has 0 atom stereocenters. The summed E-state index contributed by atoms with van der Waals surface area (Å²) in [5, 5.41) is 14.3. The average molecular weight is 400 g/mol. The summed E-state index contributed by atoms with van der Waals surface area (Å²) >= 11 is 0. The Balaban J connectivity index is 1.88. The number of sulfonamides is 1. The van der Waals surface area contributed by atoms with E-state index < -0.39 is 10.0 Å². The molecule has 1 aliphatic carbocycles. The van der Waals surface area contributed by atoms with E-state index in [0.717, 1.165) is 28.9 Å². The van der Waals surface area contributed by atoms with Crippen LogP contribution in [0.4, 0.5) is 0 Å². The summed E-state index contributed by atoms with van der Waals surface area (Å²) in [5.41, 5.74) is 4.58. The predicted octanol–water partition coefficient (Wildman–Crippen LogP) is 0.971. The van der Waals surface area contributed by atoms with Crippen LogP contribution < -0.4 is 5.32 Å². The van der Waals surface area contributed by atoms with E-state index in [1.807, 2.05) is 0 Å². The van der Waals surface area contributed by atoms with Crippen LogP contribution in [-0.2, 0) is 22.9 Å². The molecule has 0 fully saturated rings. The van der Waals surface area contributed by atoms with Crippen LogP contribution in [0, 0.1) is 0 Å². The van der Waals surface area contributed by atoms with E-state index in [2.05, 4.69) is 20.6 Å². The summed E-state index contributed by atoms with van der Waals surface area (Å²) in [6, 6.07) is 6.45. The molecule has 4 rings (SSSR count). The van der Waals surface area contributed by atoms with E-state index in [1.165, 1.54) is 30.5 Å². The number of nitrogens with zero attached hydrogens (tertiary/aromatic N) is 4. The summed E-state index contributed by atoms with van der Waals surface area (Å²) in [6.07, 6.45) is 3.14. The van der Waals surface area contributed by atoms with Gasteiger partial charge in [0.1, 0.15) is 0 Å². The smallest absolute Gasteiger partial charge is 0.271 e. The van der Waals surface area contributed by atoms with E-state index in [-0.39, 0.29) is 10.8 Å². The van der Waals surface area contributed by atoms with Crippen LogP contribution >= 0.6 is 0 Å². The number of aromatic nitrogens is 4. The highest BCUT2D eigenvalue weighted by atomic mass is 32.2. The number of hydrogen-bond acceptors (Lipinski definition) is 5. The van der Waals surface area contributed by atoms with Gasteiger partial charge in [-0.3, -0.25) is 9.89 Å². The minimum Gasteiger partial charge on any atom is -0.354 e. The van der Waals surface area contributed by atoms with Gasteiger partial charge in [0.15, 0.2) is 5.69 Å². The molecule has 1 aromatic carbocycles. The molecule has 0 aliphatic heterocycles. The van der Waals surface area contributed by atoms with Crippen molar-refractivity contribution in [3.8, 4) is 16.9 Å². The minimum atomic E-state index is -3.52. The number of rotatable bonds is 4. The normalized spacial score (nSPS) is 13.3. The highest BCUT2D eigenvalue weighted by molar-refractivity contribution is 7.89. The number of H-pyrrole nitrogens is 1. The van der Waals surface area contributed by atoms with Crippen LogP contribution in [-0.4, -0.2) is 59.8 Å². The van der Waals surface area contributed by atoms with Gasteiger partial charge in [0.2, 0.25) is 10.0 Å². The van der Waals surface area contributed by atoms with Crippen molar-refractivity contribution in [2.75, 3.05) is 21.1 Å². The maximum atomic E-state index is 12.3. The molecule has 2 aromatic heterocycles. The van der Waals surface area contributed by atoms with Crippen molar-refractivity contribution < 1.29 is 13.2 Å². The molecule has 2 N–H and O–H groups in total. The number of fused-ring (bicyclic) bond motifs is 3. The minimum absolute atomic E-state index is 0.192. The zero-order chi connectivity index (χ0) is 20.1. The van der Waals surface area contributed by atoms with Crippen LogP contribution in [0.1, 0.15) is 21.7 Å². The largest absolute Gasteiger partial charge is 0.354 e. The molecule has 0 saturated carbocycles. The van der Waals surface area contributed by atoms with Gasteiger partial charge in [0.05, 0.1) is 22.5 Å². The van der Waals surface area contributed by atoms with Crippen LogP contribution in [0.3, 0.4) is 0 Å². The van der Waals surface area contributed by atoms with Crippen LogP contribution in [0.5, 0.6) is 0 Å². The fourth-order valence-electron chi connectivity index (χ4n) is 3.38. The second kappa shape index (κ2) is 6.57. The summed E-state index contributed by atoms with van der Waals surface area (Å²) in [4.78, 5) is 12.5. The van der Waals surface area contributed by atoms with Crippen LogP contribution in [0.25, 0.3) is 16.9 Å². The number of carbonyl (C=O) groups excluding carboxylic acids is 1. The third kappa shape index (κ3) is 2.72. The van der Waals surface area contributed by atoms with Gasteiger partial charge in [0, 0.05) is 38.0 Å². The van der Waals surface area contributed by atoms with Crippen molar-refractivity contribution in [3.63, 3.8) is 0 Å². The van der Waals surface area contributed by atoms with Gasteiger partial charge < -0.3 is 5.32 Å². The highest BCUT2D eigenvalue weighted by Crippen LogP contribution is 2.36. The van der Waals surface area contributed by atoms with Crippen molar-refractivity contribution in [2.45, 2.75) is 17.7 Å². The van der Waals surface area contributed by atoms with Gasteiger partial charge in [-0.2, -0.15) is 10.2 Å². The number of benzene rings is 1. The van der Waals surface area contributed by atoms with Gasteiger partial charge in [-0.1, -0.05) is 0 Å². The van der Waals surface area contributed by atoms with Gasteiger partial charge in [-0.25, -0.2) is 17.4 Å². The van der Waals surface area contributed by atoms with Gasteiger partial charge >= 0.3 is 0 Å². The van der Waals surface area contributed by atoms with E-state index in [0.29, 0.717) is 17.8 Å². The Morgan fingerprint density at radius 2 is 1.93 bits per heavy atom. The molecule has 0 spiro atoms. The Hall–Kier alpha value is -2.98. The third-order valence-electron chi connectivity index (χ3n) is 4.88. The van der Waals surface area contributed by atoms with Crippen molar-refractivity contribution in [3.05, 3.63) is 47.4 Å². The fourth-order valence-corrected chi connectivity index (χ4v) is 4.28. The summed E-state index contributed by atoms with van der Waals surface area (Å²) in [5.74, 6) is -0.256. The lowest BCUT2D eigenvalue weighted by molar-refractivity contribution is 0.0957. The monoisotopic (exact) mass is 400 g/mol. The first kappa shape index (κ1) is 18.4. The lowest BCUT2D eigenvalue weighted by atomic mass is 9.93. The Morgan fingerprint density at radius 3 is 2.57 bits per heavy atom. The number of nitrogens with one attached hydrogen (secondary N) is 2. The van der Waals surface area contributed by atoms with Gasteiger partial charge in [-0.05, 0) is 37.1 Å². The van der Waals surface area contributed by atoms with Crippen molar-refractivity contribution in [1.29, 1.82) is 0 Å². The molecule has 0 saturated heterocycles. The predicted molar refractivity (Wildman–Crippen MR) is 103 cm³/mol. The number of amides is 1. The Morgan fingerprint density at radius 1 is 1.21 bits per heavy atom. The van der Waals surface area contributed by atoms with E-state index >= 15 is 0 Å². The number of hydrogen-bond donors (Lipinski definition) is 2. The molecule has 2 heterocycles. The van der Waals surface area contributed by atoms with E-state index in [4.69, 9.17) is 0 Å². The van der Waals surface area contributed by atoms with Crippen LogP contribution in [0.2, 0.25) is 0 Å². The van der Waals surface area contributed by atoms with Crippen molar-refractivity contribution in [1.82, 2.24) is 29.6 Å². The molecule has 146 valence electrons. The number of aryl methyl sites for hydroxylation is 1. The lowest BCUT2D eigenvalue weighted by Gasteiger charge is -2.15. The van der Waals surface area contributed by atoms with E-state index in [1.54, 1.807) is 30.1 Å². The second-order valence-electron chi connectivity index (χ2n) is 6.71. The SMILES string of the molecule is CNC(=O)c1nn(-c2ccc(S(=O)(=O)N(C)C)cc2)c2c1CCc1[nH]ncc1-2. The Kier molecular flexibility index (Phi) is 4.31. The molecule has 1 aliphatic rings. The standard InChI is InChI=1S/C18H20N6O3S/c1-19-18(25)16-13-8-9-15-14(10-20-21-15)17(13)24(22-16)11-4-6-12(7-5-11)28(26,27)23(2)3/h4-7,10H,8-9H2,1-3H3,(H,19,25)(H,20,21). The van der Waals surface area contributed by atoms with Crippen molar-refractivity contribution in [2.24, 2.45) is 0 Å². The molecule has 10 heteroatoms. The third-order valence-corrected chi connectivity index (χ3v) is 6.71. The molecule has 28 heavy (non-hydrogen) atoms. The molecule has 0 unspecified atom stereocenters. The quantitative estimate of drug-likeness (QED) is 0.678. The first-order valence-electron chi connectivity index (χ1n) is 8.74. The Labute approximate surface area is 162 Å². The molecule has 9 nitrogen and oxygen atoms in total. The molecule has 0 radical (unpaired) electrons. The molecule has 1 amide bonds. The molecule has 0 bridgehead atoms. The van der Waals surface area contributed by atoms with E-state index in [9.17, 15) is 13.2 Å². The number of carbonyl (C=O) groups is 1. The lowest BCUT2D eigenvalue weighted by Crippen LogP contribution is -2.22. The highest BCUT2D eigenvalue weighted by Gasteiger charge is 2.29. The molecular formula is C18H20N6O3S. The van der Waals surface area contributed by atoms with Crippen molar-refractivity contribution >= 4 is 15.9 Å². The maximum absolute atomic E-state index is 12.3. The first-order chi connectivity index (χ1) is 13.3. The average Bonchev–Trinajstić information content (AvgIpc) is 3.31. The number of aromatic amines is 1. The topological polar surface area (TPSA) is 113 Å². The first-order valence-corrected chi connectivity index (χ1v) is 10.2. The second-order valence-corrected chi connectivity index (χ2v) is 8.86. The zero-order valence-corrected chi connectivity index (χ0v) is 16.5. The molecule has 3 aromatic rings. The zero-order valence-electron chi connectivity index (χ0n) is 15.7. The summed E-state index contributed by atoms with van der Waals surface area (Å²) in [7, 11) is 1.03. The fraction of sp³-hybridized carbons (Fsp3) is 0.278. The Bertz CT molecular complexity index is 1160. The maximum Gasteiger partial charge on any atom is 0.271 e. The van der Waals surface area contributed by atoms with Gasteiger partial charge in [0.25, 0.3) is 5.91 Å². The summed E-state index contributed by atoms with van der Waals surface area (Å²) < 4.78 is 27.5.